The number of fused-ring (bicyclic) bond motifs is 4. The van der Waals surface area contributed by atoms with Crippen LogP contribution >= 0.6 is 0 Å². The van der Waals surface area contributed by atoms with Crippen LogP contribution < -0.4 is 0 Å². The van der Waals surface area contributed by atoms with Crippen molar-refractivity contribution in [1.29, 1.82) is 0 Å². The standard InChI is InChI=1S/C33H22/c1-2-8-24-19-28(16-15-22(24)7-1)29-18-17-23-11-5-14-31(33(23)29)30-13-6-12-27-20-25-9-3-4-10-26(25)21-32(27)30/h1-21,29H. The van der Waals surface area contributed by atoms with Gasteiger partial charge in [-0.3, -0.25) is 0 Å². The van der Waals surface area contributed by atoms with Crippen LogP contribution in [0.2, 0.25) is 0 Å². The van der Waals surface area contributed by atoms with Crippen molar-refractivity contribution in [3.63, 3.8) is 0 Å². The summed E-state index contributed by atoms with van der Waals surface area (Å²) in [5.41, 5.74) is 6.72. The molecule has 0 heteroatoms. The predicted octanol–water partition coefficient (Wildman–Crippen LogP) is 8.97. The first kappa shape index (κ1) is 18.4. The van der Waals surface area contributed by atoms with Gasteiger partial charge in [-0.2, -0.15) is 0 Å². The molecule has 154 valence electrons. The van der Waals surface area contributed by atoms with Crippen LogP contribution in [-0.2, 0) is 0 Å². The molecule has 1 unspecified atom stereocenters. The molecule has 0 saturated heterocycles. The van der Waals surface area contributed by atoms with E-state index < -0.39 is 0 Å². The first-order valence-corrected chi connectivity index (χ1v) is 11.6. The summed E-state index contributed by atoms with van der Waals surface area (Å²) in [5.74, 6) is 0.261. The van der Waals surface area contributed by atoms with E-state index in [1.54, 1.807) is 0 Å². The van der Waals surface area contributed by atoms with E-state index in [0.717, 1.165) is 0 Å². The minimum atomic E-state index is 0.261. The summed E-state index contributed by atoms with van der Waals surface area (Å²) in [6.45, 7) is 0. The zero-order chi connectivity index (χ0) is 21.8. The highest BCUT2D eigenvalue weighted by molar-refractivity contribution is 6.05. The highest BCUT2D eigenvalue weighted by Gasteiger charge is 2.24. The Morgan fingerprint density at radius 2 is 1.12 bits per heavy atom. The average Bonchev–Trinajstić information content (AvgIpc) is 3.31. The summed E-state index contributed by atoms with van der Waals surface area (Å²) in [5, 5.41) is 7.76. The molecule has 0 spiro atoms. The van der Waals surface area contributed by atoms with Crippen molar-refractivity contribution in [2.24, 2.45) is 0 Å². The molecule has 0 fully saturated rings. The van der Waals surface area contributed by atoms with Gasteiger partial charge in [-0.1, -0.05) is 115 Å². The summed E-state index contributed by atoms with van der Waals surface area (Å²) in [6, 6.07) is 42.3. The Hall–Kier alpha value is -4.16. The summed E-state index contributed by atoms with van der Waals surface area (Å²) in [7, 11) is 0. The Balaban J connectivity index is 1.45. The van der Waals surface area contributed by atoms with Gasteiger partial charge in [0, 0.05) is 5.92 Å². The number of benzene rings is 6. The summed E-state index contributed by atoms with van der Waals surface area (Å²) >= 11 is 0. The van der Waals surface area contributed by atoms with Crippen LogP contribution in [-0.4, -0.2) is 0 Å². The van der Waals surface area contributed by atoms with E-state index in [1.165, 1.54) is 60.1 Å². The first-order valence-electron chi connectivity index (χ1n) is 11.6. The molecule has 6 aromatic rings. The molecular weight excluding hydrogens is 396 g/mol. The van der Waals surface area contributed by atoms with Gasteiger partial charge in [0.15, 0.2) is 0 Å². The summed E-state index contributed by atoms with van der Waals surface area (Å²) in [6.07, 6.45) is 4.65. The Labute approximate surface area is 193 Å². The second kappa shape index (κ2) is 7.18. The SMILES string of the molecule is C1=CC(c2ccc3ccccc3c2)c2c1cccc2-c1cccc2cc3ccccc3cc12. The van der Waals surface area contributed by atoms with E-state index in [9.17, 15) is 0 Å². The molecule has 0 saturated carbocycles. The van der Waals surface area contributed by atoms with Crippen molar-refractivity contribution < 1.29 is 0 Å². The van der Waals surface area contributed by atoms with Crippen molar-refractivity contribution >= 4 is 38.4 Å². The molecular formula is C33H22. The third-order valence-electron chi connectivity index (χ3n) is 7.09. The maximum Gasteiger partial charge on any atom is 0.0285 e. The minimum absolute atomic E-state index is 0.261. The van der Waals surface area contributed by atoms with Gasteiger partial charge in [-0.15, -0.1) is 0 Å². The maximum atomic E-state index is 2.36. The van der Waals surface area contributed by atoms with Gasteiger partial charge in [-0.25, -0.2) is 0 Å². The van der Waals surface area contributed by atoms with Gasteiger partial charge in [0.05, 0.1) is 0 Å². The highest BCUT2D eigenvalue weighted by atomic mass is 14.3. The van der Waals surface area contributed by atoms with Crippen LogP contribution in [0.4, 0.5) is 0 Å². The average molecular weight is 419 g/mol. The van der Waals surface area contributed by atoms with Gasteiger partial charge in [0.25, 0.3) is 0 Å². The normalized spacial score (nSPS) is 14.8. The van der Waals surface area contributed by atoms with E-state index in [4.69, 9.17) is 0 Å². The molecule has 0 amide bonds. The van der Waals surface area contributed by atoms with Crippen molar-refractivity contribution in [2.45, 2.75) is 5.92 Å². The van der Waals surface area contributed by atoms with Gasteiger partial charge in [0.1, 0.15) is 0 Å². The van der Waals surface area contributed by atoms with Crippen LogP contribution in [0.25, 0.3) is 49.5 Å². The van der Waals surface area contributed by atoms with Crippen LogP contribution in [0.5, 0.6) is 0 Å². The van der Waals surface area contributed by atoms with E-state index in [1.807, 2.05) is 0 Å². The molecule has 0 aromatic heterocycles. The van der Waals surface area contributed by atoms with Crippen molar-refractivity contribution in [3.8, 4) is 11.1 Å². The largest absolute Gasteiger partial charge is 0.0720 e. The second-order valence-electron chi connectivity index (χ2n) is 8.98. The fraction of sp³-hybridized carbons (Fsp3) is 0.0303. The summed E-state index contributed by atoms with van der Waals surface area (Å²) < 4.78 is 0. The fourth-order valence-corrected chi connectivity index (χ4v) is 5.49. The molecule has 0 nitrogen and oxygen atoms in total. The van der Waals surface area contributed by atoms with Crippen LogP contribution in [0.15, 0.2) is 121 Å². The monoisotopic (exact) mass is 418 g/mol. The molecule has 1 aliphatic carbocycles. The van der Waals surface area contributed by atoms with Gasteiger partial charge in [0.2, 0.25) is 0 Å². The number of hydrogen-bond acceptors (Lipinski definition) is 0. The lowest BCUT2D eigenvalue weighted by atomic mass is 9.84. The zero-order valence-electron chi connectivity index (χ0n) is 18.2. The van der Waals surface area contributed by atoms with E-state index in [-0.39, 0.29) is 5.92 Å². The lowest BCUT2D eigenvalue weighted by Crippen LogP contribution is -1.99. The Morgan fingerprint density at radius 3 is 1.97 bits per heavy atom. The molecule has 1 atom stereocenters. The quantitative estimate of drug-likeness (QED) is 0.246. The molecule has 6 aromatic carbocycles. The highest BCUT2D eigenvalue weighted by Crippen LogP contribution is 2.44. The van der Waals surface area contributed by atoms with E-state index >= 15 is 0 Å². The van der Waals surface area contributed by atoms with E-state index in [2.05, 4.69) is 127 Å². The van der Waals surface area contributed by atoms with Crippen LogP contribution in [0.1, 0.15) is 22.6 Å². The Bertz CT molecular complexity index is 1720. The molecule has 7 rings (SSSR count). The van der Waals surface area contributed by atoms with Crippen LogP contribution in [0, 0.1) is 0 Å². The molecule has 1 aliphatic rings. The molecule has 0 heterocycles. The van der Waals surface area contributed by atoms with Crippen molar-refractivity contribution in [3.05, 3.63) is 138 Å². The molecule has 33 heavy (non-hydrogen) atoms. The first-order chi connectivity index (χ1) is 16.3. The summed E-state index contributed by atoms with van der Waals surface area (Å²) in [4.78, 5) is 0. The van der Waals surface area contributed by atoms with Gasteiger partial charge in [-0.05, 0) is 72.3 Å². The van der Waals surface area contributed by atoms with Gasteiger partial charge < -0.3 is 0 Å². The third-order valence-corrected chi connectivity index (χ3v) is 7.09. The topological polar surface area (TPSA) is 0 Å². The molecule has 0 bridgehead atoms. The third kappa shape index (κ3) is 2.92. The Morgan fingerprint density at radius 1 is 0.455 bits per heavy atom. The fourth-order valence-electron chi connectivity index (χ4n) is 5.49. The smallest absolute Gasteiger partial charge is 0.0285 e. The second-order valence-corrected chi connectivity index (χ2v) is 8.98. The lowest BCUT2D eigenvalue weighted by Gasteiger charge is -2.19. The number of allylic oxidation sites excluding steroid dienone is 1. The zero-order valence-corrected chi connectivity index (χ0v) is 18.2. The van der Waals surface area contributed by atoms with Crippen molar-refractivity contribution in [1.82, 2.24) is 0 Å². The molecule has 0 aliphatic heterocycles. The number of rotatable bonds is 2. The molecule has 0 radical (unpaired) electrons. The van der Waals surface area contributed by atoms with E-state index in [0.29, 0.717) is 0 Å². The van der Waals surface area contributed by atoms with Crippen LogP contribution in [0.3, 0.4) is 0 Å². The predicted molar refractivity (Wildman–Crippen MR) is 142 cm³/mol. The molecule has 0 N–H and O–H groups in total. The lowest BCUT2D eigenvalue weighted by molar-refractivity contribution is 1.06. The minimum Gasteiger partial charge on any atom is -0.0720 e. The van der Waals surface area contributed by atoms with Gasteiger partial charge >= 0.3 is 0 Å². The Kier molecular flexibility index (Phi) is 4.01. The number of hydrogen-bond donors (Lipinski definition) is 0. The maximum absolute atomic E-state index is 2.36. The van der Waals surface area contributed by atoms with Crippen molar-refractivity contribution in [2.75, 3.05) is 0 Å².